The number of fused-ring (bicyclic) bond motifs is 4. The third-order valence-electron chi connectivity index (χ3n) is 24.1. The lowest BCUT2D eigenvalue weighted by atomic mass is 9.33. The third kappa shape index (κ3) is 13.3. The van der Waals surface area contributed by atoms with E-state index >= 15 is 0 Å². The minimum Gasteiger partial charge on any atom is -0.310 e. The first kappa shape index (κ1) is 73.6. The van der Waals surface area contributed by atoms with Gasteiger partial charge in [0.1, 0.15) is 0 Å². The molecule has 17 aromatic carbocycles. The van der Waals surface area contributed by atoms with E-state index in [0.29, 0.717) is 0 Å². The largest absolute Gasteiger partial charge is 0.310 e. The fourth-order valence-corrected chi connectivity index (χ4v) is 18.4. The summed E-state index contributed by atoms with van der Waals surface area (Å²) in [6.07, 6.45) is 0. The first-order valence-electron chi connectivity index (χ1n) is 41.3. The quantitative estimate of drug-likeness (QED) is 0.100. The average molecular weight is 1500 g/mol. The van der Waals surface area contributed by atoms with Crippen molar-refractivity contribution in [2.75, 3.05) is 9.80 Å². The number of rotatable bonds is 14. The summed E-state index contributed by atoms with van der Waals surface area (Å²) < 4.78 is 0. The van der Waals surface area contributed by atoms with Gasteiger partial charge >= 0.3 is 0 Å². The van der Waals surface area contributed by atoms with E-state index in [9.17, 15) is 0 Å². The summed E-state index contributed by atoms with van der Waals surface area (Å²) in [6.45, 7) is 20.8. The topological polar surface area (TPSA) is 6.48 Å². The summed E-state index contributed by atoms with van der Waals surface area (Å²) >= 11 is 0. The monoisotopic (exact) mass is 1500 g/mol. The van der Waals surface area contributed by atoms with Crippen LogP contribution < -0.4 is 26.2 Å². The summed E-state index contributed by atoms with van der Waals surface area (Å²) in [6, 6.07) is 152. The van der Waals surface area contributed by atoms with Gasteiger partial charge < -0.3 is 9.80 Å². The standard InChI is InChI=1S/C114H93BN2/c1-112(2,3)90-66-60-76(61-67-90)88-64-70-95-93(72-88)115-94-73-89(77-62-68-91(69-63-77)113(4,5)6)65-71-96(94)117(111-107(86-56-36-18-37-57-86)103(82-48-28-14-29-49-82)100(79-42-22-11-23-43-79)104(83-50-30-15-31-51-83)108(111)87-58-38-19-39-59-87)98-75-92(114(7,8)9)74-97(109(98)115)116(95)110-105(84-52-32-16-33-53-84)101(80-44-24-12-25-45-80)99(78-40-20-10-21-41-78)102(81-46-26-13-27-47-81)106(110)85-54-34-17-35-55-85/h10-75H,1-9H3. The molecule has 562 valence electrons. The smallest absolute Gasteiger partial charge is 0.252 e. The van der Waals surface area contributed by atoms with Crippen LogP contribution >= 0.6 is 0 Å². The van der Waals surface area contributed by atoms with Crippen molar-refractivity contribution < 1.29 is 0 Å². The highest BCUT2D eigenvalue weighted by atomic mass is 15.2. The van der Waals surface area contributed by atoms with Gasteiger partial charge in [0.05, 0.1) is 11.4 Å². The molecule has 0 N–H and O–H groups in total. The van der Waals surface area contributed by atoms with Gasteiger partial charge in [-0.1, -0.05) is 438 Å². The van der Waals surface area contributed by atoms with Gasteiger partial charge in [0.15, 0.2) is 0 Å². The molecule has 0 amide bonds. The van der Waals surface area contributed by atoms with E-state index in [1.54, 1.807) is 0 Å². The molecule has 0 aromatic heterocycles. The Labute approximate surface area is 691 Å². The Morgan fingerprint density at radius 2 is 0.368 bits per heavy atom. The van der Waals surface area contributed by atoms with Crippen molar-refractivity contribution in [3.8, 4) is 134 Å². The van der Waals surface area contributed by atoms with E-state index in [0.717, 1.165) is 168 Å². The molecule has 117 heavy (non-hydrogen) atoms. The second-order valence-corrected chi connectivity index (χ2v) is 34.6. The van der Waals surface area contributed by atoms with Crippen LogP contribution in [0.5, 0.6) is 0 Å². The van der Waals surface area contributed by atoms with Crippen molar-refractivity contribution in [2.24, 2.45) is 0 Å². The molecule has 0 bridgehead atoms. The van der Waals surface area contributed by atoms with Crippen molar-refractivity contribution in [1.29, 1.82) is 0 Å². The fourth-order valence-electron chi connectivity index (χ4n) is 18.4. The molecule has 2 nitrogen and oxygen atoms in total. The lowest BCUT2D eigenvalue weighted by Gasteiger charge is -2.47. The maximum absolute atomic E-state index is 2.78. The zero-order valence-electron chi connectivity index (χ0n) is 68.1. The zero-order valence-corrected chi connectivity index (χ0v) is 68.1. The van der Waals surface area contributed by atoms with E-state index < -0.39 is 5.41 Å². The number of nitrogens with zero attached hydrogens (tertiary/aromatic N) is 2. The average Bonchev–Trinajstić information content (AvgIpc) is 0.676. The molecule has 0 atom stereocenters. The number of hydrogen-bond donors (Lipinski definition) is 0. The van der Waals surface area contributed by atoms with Gasteiger partial charge in [-0.05, 0) is 163 Å². The Morgan fingerprint density at radius 1 is 0.171 bits per heavy atom. The second-order valence-electron chi connectivity index (χ2n) is 34.6. The SMILES string of the molecule is CC(C)(C)c1ccc(-c2ccc3c(c2)B2c4cc(-c5ccc(C(C)(C)C)cc5)ccc4N(c4c(-c5ccccc5)c(-c5ccccc5)c(-c5ccccc5)c(-c5ccccc5)c4-c4ccccc4)c4cc(C(C)(C)C)cc(c42)N3c2c(-c3ccccc3)c(-c3ccccc3)c(-c3ccccc3)c(-c3ccccc3)c2-c2ccccc2)cc1. The van der Waals surface area contributed by atoms with Crippen LogP contribution in [-0.2, 0) is 16.2 Å². The molecular weight excluding hydrogens is 1410 g/mol. The highest BCUT2D eigenvalue weighted by Gasteiger charge is 2.48. The van der Waals surface area contributed by atoms with Crippen molar-refractivity contribution >= 4 is 57.2 Å². The van der Waals surface area contributed by atoms with E-state index in [-0.39, 0.29) is 17.5 Å². The Bertz CT molecular complexity index is 5910. The summed E-state index contributed by atoms with van der Waals surface area (Å²) in [5.74, 6) is 0. The molecule has 0 saturated heterocycles. The molecule has 0 unspecified atom stereocenters. The van der Waals surface area contributed by atoms with Crippen molar-refractivity contribution in [1.82, 2.24) is 0 Å². The van der Waals surface area contributed by atoms with Crippen molar-refractivity contribution in [3.63, 3.8) is 0 Å². The molecule has 0 saturated carbocycles. The zero-order chi connectivity index (χ0) is 79.7. The van der Waals surface area contributed by atoms with Crippen molar-refractivity contribution in [3.05, 3.63) is 417 Å². The molecule has 0 radical (unpaired) electrons. The molecule has 3 heteroatoms. The summed E-state index contributed by atoms with van der Waals surface area (Å²) in [5, 5.41) is 0. The summed E-state index contributed by atoms with van der Waals surface area (Å²) in [4.78, 5) is 5.56. The van der Waals surface area contributed by atoms with Crippen LogP contribution in [0.1, 0.15) is 79.0 Å². The summed E-state index contributed by atoms with van der Waals surface area (Å²) in [5.41, 5.74) is 40.8. The predicted molar refractivity (Wildman–Crippen MR) is 502 cm³/mol. The molecule has 0 aliphatic carbocycles. The molecule has 0 spiro atoms. The molecule has 2 aliphatic rings. The minimum absolute atomic E-state index is 0.0457. The molecule has 19 rings (SSSR count). The van der Waals surface area contributed by atoms with Gasteiger partial charge in [0.2, 0.25) is 0 Å². The van der Waals surface area contributed by atoms with Gasteiger partial charge in [0, 0.05) is 67.3 Å². The van der Waals surface area contributed by atoms with E-state index in [1.165, 1.54) is 33.1 Å². The van der Waals surface area contributed by atoms with Gasteiger partial charge in [-0.25, -0.2) is 0 Å². The highest BCUT2D eigenvalue weighted by molar-refractivity contribution is 7.00. The van der Waals surface area contributed by atoms with Crippen molar-refractivity contribution in [2.45, 2.75) is 78.6 Å². The number of benzene rings is 17. The van der Waals surface area contributed by atoms with Gasteiger partial charge in [-0.3, -0.25) is 0 Å². The van der Waals surface area contributed by atoms with E-state index in [4.69, 9.17) is 0 Å². The normalized spacial score (nSPS) is 12.4. The highest BCUT2D eigenvalue weighted by Crippen LogP contribution is 2.63. The number of hydrogen-bond acceptors (Lipinski definition) is 2. The molecule has 0 fully saturated rings. The maximum Gasteiger partial charge on any atom is 0.252 e. The van der Waals surface area contributed by atoms with Crippen LogP contribution in [0.15, 0.2) is 400 Å². The van der Waals surface area contributed by atoms with Crippen LogP contribution in [0.2, 0.25) is 0 Å². The lowest BCUT2D eigenvalue weighted by Crippen LogP contribution is -2.61. The summed E-state index contributed by atoms with van der Waals surface area (Å²) in [7, 11) is 0. The van der Waals surface area contributed by atoms with Crippen LogP contribution in [-0.4, -0.2) is 6.71 Å². The molecule has 17 aromatic rings. The Kier molecular flexibility index (Phi) is 18.9. The minimum atomic E-state index is -0.413. The van der Waals surface area contributed by atoms with E-state index in [2.05, 4.69) is 472 Å². The van der Waals surface area contributed by atoms with Crippen LogP contribution in [0, 0.1) is 0 Å². The second kappa shape index (κ2) is 30.0. The van der Waals surface area contributed by atoms with Gasteiger partial charge in [0.25, 0.3) is 6.71 Å². The Balaban J connectivity index is 1.07. The third-order valence-corrected chi connectivity index (χ3v) is 24.1. The maximum atomic E-state index is 2.78. The molecule has 2 heterocycles. The van der Waals surface area contributed by atoms with Gasteiger partial charge in [-0.2, -0.15) is 0 Å². The van der Waals surface area contributed by atoms with Crippen LogP contribution in [0.4, 0.5) is 34.1 Å². The van der Waals surface area contributed by atoms with Gasteiger partial charge in [-0.15, -0.1) is 0 Å². The number of anilines is 6. The predicted octanol–water partition coefficient (Wildman–Crippen LogP) is 29.7. The van der Waals surface area contributed by atoms with Crippen LogP contribution in [0.25, 0.3) is 134 Å². The molecular formula is C114H93BN2. The van der Waals surface area contributed by atoms with E-state index in [1.807, 2.05) is 0 Å². The first-order chi connectivity index (χ1) is 57.0. The lowest BCUT2D eigenvalue weighted by molar-refractivity contribution is 0.590. The Morgan fingerprint density at radius 3 is 0.581 bits per heavy atom. The van der Waals surface area contributed by atoms with Crippen LogP contribution in [0.3, 0.4) is 0 Å². The Hall–Kier alpha value is -13.6. The fraction of sp³-hybridized carbons (Fsp3) is 0.105. The first-order valence-corrected chi connectivity index (χ1v) is 41.3. The molecule has 2 aliphatic heterocycles.